The Morgan fingerprint density at radius 1 is 1.40 bits per heavy atom. The number of carbonyl (C=O) groups is 3. The Hall–Kier alpha value is -1.97. The van der Waals surface area contributed by atoms with E-state index in [1.807, 2.05) is 0 Å². The fraction of sp³-hybridized carbons (Fsp3) is 0.182. The minimum atomic E-state index is -0.542. The van der Waals surface area contributed by atoms with Crippen molar-refractivity contribution in [1.29, 1.82) is 0 Å². The Kier molecular flexibility index (Phi) is 1.43. The van der Waals surface area contributed by atoms with E-state index in [0.29, 0.717) is 0 Å². The van der Waals surface area contributed by atoms with Crippen molar-refractivity contribution in [2.45, 2.75) is 13.3 Å². The zero-order valence-corrected chi connectivity index (χ0v) is 7.93. The number of hydrogen-bond acceptors (Lipinski definition) is 3. The fourth-order valence-corrected chi connectivity index (χ4v) is 1.49. The first-order valence-corrected chi connectivity index (χ1v) is 4.32. The van der Waals surface area contributed by atoms with Crippen LogP contribution >= 0.6 is 0 Å². The lowest BCUT2D eigenvalue weighted by molar-refractivity contribution is -0.114. The normalized spacial score (nSPS) is 16.7. The molecule has 4 heteroatoms. The standard InChI is InChI=1S/C11H9NO3/c1-6(13)12-8-4-2-3-7-9(14)5-10(15)11(7)8/h2-4H,5H2,1H3,(H,12,13)/i2D,3D,4D. The van der Waals surface area contributed by atoms with Crippen LogP contribution in [0.15, 0.2) is 18.1 Å². The SMILES string of the molecule is [2H]c1c([2H])c(NC(C)=O)c2c(c1[2H])C(=O)CC2=O. The van der Waals surface area contributed by atoms with Crippen LogP contribution in [0.25, 0.3) is 0 Å². The van der Waals surface area contributed by atoms with Crippen molar-refractivity contribution in [3.05, 3.63) is 29.3 Å². The summed E-state index contributed by atoms with van der Waals surface area (Å²) in [6, 6.07) is -1.32. The second-order valence-corrected chi connectivity index (χ2v) is 3.20. The van der Waals surface area contributed by atoms with E-state index in [2.05, 4.69) is 5.32 Å². The number of Topliss-reactive ketones (excluding diaryl/α,β-unsaturated/α-hetero) is 2. The van der Waals surface area contributed by atoms with Crippen molar-refractivity contribution in [2.75, 3.05) is 5.32 Å². The molecule has 0 saturated carbocycles. The minimum absolute atomic E-state index is 0.110. The monoisotopic (exact) mass is 206 g/mol. The molecule has 0 fully saturated rings. The molecule has 0 heterocycles. The molecule has 1 aromatic carbocycles. The van der Waals surface area contributed by atoms with Gasteiger partial charge in [0.05, 0.1) is 21.8 Å². The molecule has 0 aliphatic heterocycles. The maximum Gasteiger partial charge on any atom is 0.221 e. The number of ketones is 2. The van der Waals surface area contributed by atoms with Crippen LogP contribution < -0.4 is 5.32 Å². The molecule has 0 aromatic heterocycles. The minimum Gasteiger partial charge on any atom is -0.326 e. The highest BCUT2D eigenvalue weighted by Crippen LogP contribution is 2.28. The van der Waals surface area contributed by atoms with E-state index in [0.717, 1.165) is 0 Å². The van der Waals surface area contributed by atoms with Gasteiger partial charge in [-0.3, -0.25) is 14.4 Å². The Balaban J connectivity index is 2.82. The van der Waals surface area contributed by atoms with Gasteiger partial charge in [-0.1, -0.05) is 12.1 Å². The van der Waals surface area contributed by atoms with Crippen molar-refractivity contribution in [3.8, 4) is 0 Å². The summed E-state index contributed by atoms with van der Waals surface area (Å²) in [5, 5.41) is 2.29. The van der Waals surface area contributed by atoms with E-state index in [1.54, 1.807) is 0 Å². The summed E-state index contributed by atoms with van der Waals surface area (Å²) < 4.78 is 22.9. The molecular weight excluding hydrogens is 194 g/mol. The molecule has 1 N–H and O–H groups in total. The first kappa shape index (κ1) is 6.50. The Bertz CT molecular complexity index is 610. The van der Waals surface area contributed by atoms with Gasteiger partial charge < -0.3 is 5.32 Å². The molecule has 2 rings (SSSR count). The number of nitrogens with one attached hydrogen (secondary N) is 1. The predicted octanol–water partition coefficient (Wildman–Crippen LogP) is 1.41. The van der Waals surface area contributed by atoms with Gasteiger partial charge >= 0.3 is 0 Å². The third kappa shape index (κ3) is 1.54. The number of amides is 1. The maximum absolute atomic E-state index is 11.7. The molecule has 15 heavy (non-hydrogen) atoms. The predicted molar refractivity (Wildman–Crippen MR) is 54.0 cm³/mol. The number of anilines is 1. The summed E-state index contributed by atoms with van der Waals surface area (Å²) in [4.78, 5) is 34.3. The maximum atomic E-state index is 11.7. The molecule has 1 amide bonds. The molecule has 0 spiro atoms. The summed E-state index contributed by atoms with van der Waals surface area (Å²) in [6.45, 7) is 1.20. The van der Waals surface area contributed by atoms with E-state index >= 15 is 0 Å². The topological polar surface area (TPSA) is 63.2 Å². The number of fused-ring (bicyclic) bond motifs is 1. The van der Waals surface area contributed by atoms with Crippen LogP contribution in [0.5, 0.6) is 0 Å². The third-order valence-electron chi connectivity index (χ3n) is 2.05. The molecule has 0 radical (unpaired) electrons. The second kappa shape index (κ2) is 3.31. The number of benzene rings is 1. The average Bonchev–Trinajstić information content (AvgIpc) is 2.56. The van der Waals surface area contributed by atoms with Crippen molar-refractivity contribution in [1.82, 2.24) is 0 Å². The van der Waals surface area contributed by atoms with Gasteiger partial charge in [-0.2, -0.15) is 0 Å². The van der Waals surface area contributed by atoms with E-state index in [4.69, 9.17) is 4.11 Å². The summed E-state index contributed by atoms with van der Waals surface area (Å²) in [7, 11) is 0. The zero-order chi connectivity index (χ0) is 13.6. The molecule has 0 saturated heterocycles. The van der Waals surface area contributed by atoms with Gasteiger partial charge in [0.2, 0.25) is 5.91 Å². The van der Waals surface area contributed by atoms with Gasteiger partial charge in [0.25, 0.3) is 0 Å². The van der Waals surface area contributed by atoms with Crippen molar-refractivity contribution >= 4 is 23.2 Å². The molecule has 1 aliphatic rings. The van der Waals surface area contributed by atoms with E-state index in [-0.39, 0.29) is 23.2 Å². The first-order chi connectivity index (χ1) is 8.34. The quantitative estimate of drug-likeness (QED) is 0.706. The lowest BCUT2D eigenvalue weighted by Crippen LogP contribution is -2.09. The molecule has 0 unspecified atom stereocenters. The summed E-state index contributed by atoms with van der Waals surface area (Å²) in [6.07, 6.45) is -0.378. The summed E-state index contributed by atoms with van der Waals surface area (Å²) in [5.41, 5.74) is -0.416. The number of rotatable bonds is 1. The van der Waals surface area contributed by atoms with Crippen LogP contribution in [0.4, 0.5) is 5.69 Å². The van der Waals surface area contributed by atoms with Crippen LogP contribution in [-0.2, 0) is 4.79 Å². The van der Waals surface area contributed by atoms with E-state index < -0.39 is 35.6 Å². The molecule has 76 valence electrons. The fourth-order valence-electron chi connectivity index (χ4n) is 1.49. The molecular formula is C11H9NO3. The van der Waals surface area contributed by atoms with Crippen LogP contribution in [-0.4, -0.2) is 17.5 Å². The van der Waals surface area contributed by atoms with Gasteiger partial charge in [-0.15, -0.1) is 0 Å². The zero-order valence-electron chi connectivity index (χ0n) is 10.9. The lowest BCUT2D eigenvalue weighted by Gasteiger charge is -2.06. The number of carbonyl (C=O) groups excluding carboxylic acids is 3. The summed E-state index contributed by atoms with van der Waals surface area (Å²) >= 11 is 0. The van der Waals surface area contributed by atoms with Crippen LogP contribution in [0.3, 0.4) is 0 Å². The Morgan fingerprint density at radius 3 is 2.80 bits per heavy atom. The highest BCUT2D eigenvalue weighted by Gasteiger charge is 2.29. The molecule has 1 aromatic rings. The van der Waals surface area contributed by atoms with Crippen LogP contribution in [0, 0.1) is 0 Å². The van der Waals surface area contributed by atoms with Gasteiger partial charge in [-0.05, 0) is 6.04 Å². The highest BCUT2D eigenvalue weighted by molar-refractivity contribution is 6.27. The Labute approximate surface area is 90.5 Å². The molecule has 1 aliphatic carbocycles. The number of hydrogen-bond donors (Lipinski definition) is 1. The average molecular weight is 206 g/mol. The van der Waals surface area contributed by atoms with Crippen LogP contribution in [0.1, 0.15) is 38.2 Å². The molecule has 4 nitrogen and oxygen atoms in total. The van der Waals surface area contributed by atoms with Crippen molar-refractivity contribution < 1.29 is 18.5 Å². The van der Waals surface area contributed by atoms with Gasteiger partial charge in [0, 0.05) is 12.5 Å². The van der Waals surface area contributed by atoms with E-state index in [9.17, 15) is 14.4 Å². The lowest BCUT2D eigenvalue weighted by atomic mass is 10.1. The van der Waals surface area contributed by atoms with E-state index in [1.165, 1.54) is 6.92 Å². The summed E-state index contributed by atoms with van der Waals surface area (Å²) in [5.74, 6) is -1.57. The van der Waals surface area contributed by atoms with Gasteiger partial charge in [0.15, 0.2) is 11.6 Å². The van der Waals surface area contributed by atoms with Crippen LogP contribution in [0.2, 0.25) is 0 Å². The largest absolute Gasteiger partial charge is 0.326 e. The Morgan fingerprint density at radius 2 is 2.13 bits per heavy atom. The third-order valence-corrected chi connectivity index (χ3v) is 2.05. The highest BCUT2D eigenvalue weighted by atomic mass is 16.2. The van der Waals surface area contributed by atoms with Gasteiger partial charge in [0.1, 0.15) is 0 Å². The molecule has 0 bridgehead atoms. The molecule has 0 atom stereocenters. The van der Waals surface area contributed by atoms with Crippen molar-refractivity contribution in [3.63, 3.8) is 0 Å². The van der Waals surface area contributed by atoms with Crippen molar-refractivity contribution in [2.24, 2.45) is 0 Å². The smallest absolute Gasteiger partial charge is 0.221 e. The van der Waals surface area contributed by atoms with Gasteiger partial charge in [-0.25, -0.2) is 0 Å². The first-order valence-electron chi connectivity index (χ1n) is 5.82. The second-order valence-electron chi connectivity index (χ2n) is 3.20.